The Morgan fingerprint density at radius 3 is 2.28 bits per heavy atom. The van der Waals surface area contributed by atoms with Crippen LogP contribution in [0.5, 0.6) is 0 Å². The molecule has 3 amide bonds. The number of piperazine rings is 1. The highest BCUT2D eigenvalue weighted by Crippen LogP contribution is 2.21. The number of halogens is 1. The second kappa shape index (κ2) is 9.65. The lowest BCUT2D eigenvalue weighted by atomic mass is 10.0. The lowest BCUT2D eigenvalue weighted by Crippen LogP contribution is -2.57. The van der Waals surface area contributed by atoms with Gasteiger partial charge < -0.3 is 20.4 Å². The van der Waals surface area contributed by atoms with Crippen LogP contribution in [0.25, 0.3) is 0 Å². The van der Waals surface area contributed by atoms with E-state index in [2.05, 4.69) is 15.5 Å². The largest absolute Gasteiger partial charge is 0.368 e. The van der Waals surface area contributed by atoms with Gasteiger partial charge in [0.1, 0.15) is 6.04 Å². The summed E-state index contributed by atoms with van der Waals surface area (Å²) >= 11 is 6.09. The fraction of sp³-hybridized carbons (Fsp3) is 0.364. The zero-order valence-electron chi connectivity index (χ0n) is 16.8. The number of rotatable bonds is 5. The maximum Gasteiger partial charge on any atom is 0.319 e. The predicted octanol–water partition coefficient (Wildman–Crippen LogP) is 3.83. The van der Waals surface area contributed by atoms with Crippen molar-refractivity contribution < 1.29 is 9.59 Å². The van der Waals surface area contributed by atoms with Crippen molar-refractivity contribution in [3.8, 4) is 0 Å². The van der Waals surface area contributed by atoms with Crippen molar-refractivity contribution in [2.75, 3.05) is 36.4 Å². The van der Waals surface area contributed by atoms with E-state index in [9.17, 15) is 9.59 Å². The Morgan fingerprint density at radius 1 is 0.966 bits per heavy atom. The van der Waals surface area contributed by atoms with Crippen LogP contribution in [0.4, 0.5) is 16.2 Å². The van der Waals surface area contributed by atoms with Crippen LogP contribution in [0.15, 0.2) is 54.6 Å². The van der Waals surface area contributed by atoms with Crippen molar-refractivity contribution in [3.63, 3.8) is 0 Å². The van der Waals surface area contributed by atoms with Crippen LogP contribution in [0.1, 0.15) is 13.8 Å². The van der Waals surface area contributed by atoms with E-state index in [0.717, 1.165) is 18.8 Å². The molecule has 7 heteroatoms. The van der Waals surface area contributed by atoms with Crippen LogP contribution in [0, 0.1) is 5.92 Å². The Morgan fingerprint density at radius 2 is 1.66 bits per heavy atom. The Hall–Kier alpha value is -2.73. The summed E-state index contributed by atoms with van der Waals surface area (Å²) in [4.78, 5) is 29.5. The van der Waals surface area contributed by atoms with Gasteiger partial charge >= 0.3 is 6.03 Å². The number of benzene rings is 2. The molecular weight excluding hydrogens is 388 g/mol. The minimum Gasteiger partial charge on any atom is -0.368 e. The van der Waals surface area contributed by atoms with E-state index in [0.29, 0.717) is 23.8 Å². The van der Waals surface area contributed by atoms with E-state index in [1.165, 1.54) is 0 Å². The summed E-state index contributed by atoms with van der Waals surface area (Å²) in [6.07, 6.45) is 0. The fourth-order valence-corrected chi connectivity index (χ4v) is 3.58. The lowest BCUT2D eigenvalue weighted by molar-refractivity contribution is -0.134. The molecule has 1 fully saturated rings. The van der Waals surface area contributed by atoms with Crippen LogP contribution < -0.4 is 15.5 Å². The molecule has 0 aromatic heterocycles. The molecule has 2 N–H and O–H groups in total. The van der Waals surface area contributed by atoms with Crippen LogP contribution in [-0.4, -0.2) is 49.1 Å². The number of carbonyl (C=O) groups excluding carboxylic acids is 2. The number of nitrogens with zero attached hydrogens (tertiary/aromatic N) is 2. The first-order chi connectivity index (χ1) is 13.9. The minimum atomic E-state index is -0.573. The molecule has 154 valence electrons. The Balaban J connectivity index is 1.57. The summed E-state index contributed by atoms with van der Waals surface area (Å²) in [5, 5.41) is 6.32. The van der Waals surface area contributed by atoms with Gasteiger partial charge in [-0.3, -0.25) is 4.79 Å². The molecule has 1 saturated heterocycles. The summed E-state index contributed by atoms with van der Waals surface area (Å²) in [7, 11) is 0. The summed E-state index contributed by atoms with van der Waals surface area (Å²) in [5.41, 5.74) is 1.75. The van der Waals surface area contributed by atoms with Crippen LogP contribution in [0.3, 0.4) is 0 Å². The van der Waals surface area contributed by atoms with Crippen molar-refractivity contribution in [3.05, 3.63) is 59.6 Å². The van der Waals surface area contributed by atoms with Gasteiger partial charge in [-0.1, -0.05) is 49.7 Å². The zero-order chi connectivity index (χ0) is 20.8. The maximum atomic E-state index is 13.1. The minimum absolute atomic E-state index is 0.0185. The van der Waals surface area contributed by atoms with E-state index < -0.39 is 6.04 Å². The first-order valence-electron chi connectivity index (χ1n) is 9.86. The zero-order valence-corrected chi connectivity index (χ0v) is 17.5. The van der Waals surface area contributed by atoms with Crippen molar-refractivity contribution in [1.82, 2.24) is 10.2 Å². The van der Waals surface area contributed by atoms with Gasteiger partial charge in [-0.25, -0.2) is 4.79 Å². The average molecular weight is 415 g/mol. The van der Waals surface area contributed by atoms with Crippen LogP contribution in [-0.2, 0) is 4.79 Å². The topological polar surface area (TPSA) is 64.7 Å². The SMILES string of the molecule is CC(C)[C@@H](NC(=O)Nc1ccccc1)C(=O)N1CCN(c2cccc(Cl)c2)CC1. The van der Waals surface area contributed by atoms with Crippen molar-refractivity contribution in [2.45, 2.75) is 19.9 Å². The molecule has 0 saturated carbocycles. The molecule has 1 atom stereocenters. The molecule has 2 aromatic carbocycles. The van der Waals surface area contributed by atoms with Gasteiger partial charge in [-0.15, -0.1) is 0 Å². The molecule has 0 bridgehead atoms. The highest BCUT2D eigenvalue weighted by Gasteiger charge is 2.30. The average Bonchev–Trinajstić information content (AvgIpc) is 2.72. The molecule has 6 nitrogen and oxygen atoms in total. The highest BCUT2D eigenvalue weighted by molar-refractivity contribution is 6.30. The quantitative estimate of drug-likeness (QED) is 0.781. The number of hydrogen-bond donors (Lipinski definition) is 2. The second-order valence-electron chi connectivity index (χ2n) is 7.48. The van der Waals surface area contributed by atoms with Gasteiger partial charge in [0.05, 0.1) is 0 Å². The molecular formula is C22H27ClN4O2. The molecule has 1 aliphatic heterocycles. The van der Waals surface area contributed by atoms with E-state index in [1.807, 2.05) is 61.2 Å². The van der Waals surface area contributed by atoms with Crippen molar-refractivity contribution in [2.24, 2.45) is 5.92 Å². The van der Waals surface area contributed by atoms with Crippen LogP contribution >= 0.6 is 11.6 Å². The molecule has 3 rings (SSSR count). The molecule has 0 aliphatic carbocycles. The molecule has 2 aromatic rings. The van der Waals surface area contributed by atoms with Gasteiger partial charge in [0.25, 0.3) is 0 Å². The normalized spacial score (nSPS) is 15.2. The Bertz CT molecular complexity index is 836. The van der Waals surface area contributed by atoms with Gasteiger partial charge in [-0.2, -0.15) is 0 Å². The molecule has 0 radical (unpaired) electrons. The first kappa shape index (κ1) is 21.0. The molecule has 0 spiro atoms. The van der Waals surface area contributed by atoms with Crippen molar-refractivity contribution in [1.29, 1.82) is 0 Å². The summed E-state index contributed by atoms with van der Waals surface area (Å²) in [6.45, 7) is 6.55. The Kier molecular flexibility index (Phi) is 6.99. The summed E-state index contributed by atoms with van der Waals surface area (Å²) in [5.74, 6) is -0.0658. The van der Waals surface area contributed by atoms with Crippen LogP contribution in [0.2, 0.25) is 5.02 Å². The third-order valence-corrected chi connectivity index (χ3v) is 5.25. The number of urea groups is 1. The highest BCUT2D eigenvalue weighted by atomic mass is 35.5. The standard InChI is InChI=1S/C22H27ClN4O2/c1-16(2)20(25-22(29)24-18-8-4-3-5-9-18)21(28)27-13-11-26(12-14-27)19-10-6-7-17(23)15-19/h3-10,15-16,20H,11-14H2,1-2H3,(H2,24,25,29)/t20-/m1/s1. The number of nitrogens with one attached hydrogen (secondary N) is 2. The molecule has 29 heavy (non-hydrogen) atoms. The number of carbonyl (C=O) groups is 2. The lowest BCUT2D eigenvalue weighted by Gasteiger charge is -2.38. The summed E-state index contributed by atoms with van der Waals surface area (Å²) in [6, 6.07) is 16.0. The van der Waals surface area contributed by atoms with E-state index >= 15 is 0 Å². The second-order valence-corrected chi connectivity index (χ2v) is 7.91. The third kappa shape index (κ3) is 5.64. The van der Waals surface area contributed by atoms with Gasteiger partial charge in [0.15, 0.2) is 0 Å². The number of hydrogen-bond acceptors (Lipinski definition) is 3. The first-order valence-corrected chi connectivity index (χ1v) is 10.2. The van der Waals surface area contributed by atoms with E-state index in [4.69, 9.17) is 11.6 Å². The monoisotopic (exact) mass is 414 g/mol. The molecule has 0 unspecified atom stereocenters. The fourth-order valence-electron chi connectivity index (χ4n) is 3.40. The van der Waals surface area contributed by atoms with Gasteiger partial charge in [0.2, 0.25) is 5.91 Å². The van der Waals surface area contributed by atoms with E-state index in [-0.39, 0.29) is 17.9 Å². The Labute approximate surface area is 176 Å². The number of amides is 3. The number of anilines is 2. The number of para-hydroxylation sites is 1. The van der Waals surface area contributed by atoms with Crippen molar-refractivity contribution >= 4 is 34.9 Å². The smallest absolute Gasteiger partial charge is 0.319 e. The maximum absolute atomic E-state index is 13.1. The molecule has 1 aliphatic rings. The predicted molar refractivity (Wildman–Crippen MR) is 117 cm³/mol. The van der Waals surface area contributed by atoms with Gasteiger partial charge in [-0.05, 0) is 36.2 Å². The van der Waals surface area contributed by atoms with E-state index in [1.54, 1.807) is 12.1 Å². The molecule has 1 heterocycles. The van der Waals surface area contributed by atoms with Gasteiger partial charge in [0, 0.05) is 42.6 Å². The third-order valence-electron chi connectivity index (χ3n) is 5.02. The summed E-state index contributed by atoms with van der Waals surface area (Å²) < 4.78 is 0.